The average Bonchev–Trinajstić information content (AvgIpc) is 2.37. The van der Waals surface area contributed by atoms with Gasteiger partial charge in [0.15, 0.2) is 0 Å². The summed E-state index contributed by atoms with van der Waals surface area (Å²) in [6, 6.07) is 2.74. The van der Waals surface area contributed by atoms with Crippen molar-refractivity contribution in [1.82, 2.24) is 9.97 Å². The van der Waals surface area contributed by atoms with Crippen LogP contribution in [0.3, 0.4) is 0 Å². The van der Waals surface area contributed by atoms with Gasteiger partial charge in [0.2, 0.25) is 0 Å². The van der Waals surface area contributed by atoms with Crippen molar-refractivity contribution in [2.24, 2.45) is 5.73 Å². The molecule has 20 heavy (non-hydrogen) atoms. The van der Waals surface area contributed by atoms with Crippen LogP contribution < -0.4 is 10.5 Å². The molecular weight excluding hydrogens is 349 g/mol. The second-order valence-electron chi connectivity index (χ2n) is 4.35. The molecule has 0 amide bonds. The van der Waals surface area contributed by atoms with Crippen LogP contribution in [0.5, 0.6) is 11.8 Å². The normalized spacial score (nSPS) is 12.2. The zero-order valence-electron chi connectivity index (χ0n) is 10.6. The van der Waals surface area contributed by atoms with E-state index in [-0.39, 0.29) is 22.8 Å². The highest BCUT2D eigenvalue weighted by Crippen LogP contribution is 2.32. The van der Waals surface area contributed by atoms with Crippen molar-refractivity contribution in [3.8, 4) is 11.8 Å². The molecule has 0 aliphatic heterocycles. The van der Waals surface area contributed by atoms with Crippen LogP contribution in [0.2, 0.25) is 5.02 Å². The first-order valence-corrected chi connectivity index (χ1v) is 7.01. The molecule has 0 fully saturated rings. The monoisotopic (exact) mass is 359 g/mol. The Labute approximate surface area is 129 Å². The predicted molar refractivity (Wildman–Crippen MR) is 78.6 cm³/mol. The van der Waals surface area contributed by atoms with Crippen molar-refractivity contribution in [2.45, 2.75) is 19.4 Å². The first kappa shape index (κ1) is 15.2. The van der Waals surface area contributed by atoms with Crippen LogP contribution in [0, 0.1) is 5.82 Å². The van der Waals surface area contributed by atoms with Gasteiger partial charge in [-0.2, -0.15) is 0 Å². The Morgan fingerprint density at radius 3 is 2.65 bits per heavy atom. The molecule has 2 aromatic rings. The second-order valence-corrected chi connectivity index (χ2v) is 5.62. The maximum absolute atomic E-state index is 13.4. The third-order valence-electron chi connectivity index (χ3n) is 2.42. The molecular formula is C13H12BrClFN3O. The van der Waals surface area contributed by atoms with Gasteiger partial charge in [-0.15, -0.1) is 0 Å². The van der Waals surface area contributed by atoms with Crippen molar-refractivity contribution < 1.29 is 9.13 Å². The Bertz CT molecular complexity index is 607. The molecule has 0 spiro atoms. The van der Waals surface area contributed by atoms with Crippen molar-refractivity contribution in [3.05, 3.63) is 45.4 Å². The van der Waals surface area contributed by atoms with Gasteiger partial charge in [0.05, 0.1) is 9.50 Å². The van der Waals surface area contributed by atoms with E-state index in [0.717, 1.165) is 5.56 Å². The van der Waals surface area contributed by atoms with E-state index < -0.39 is 5.82 Å². The Morgan fingerprint density at radius 1 is 1.40 bits per heavy atom. The molecule has 7 heteroatoms. The Kier molecular flexibility index (Phi) is 4.91. The molecule has 0 bridgehead atoms. The summed E-state index contributed by atoms with van der Waals surface area (Å²) < 4.78 is 19.3. The lowest BCUT2D eigenvalue weighted by Gasteiger charge is -2.08. The lowest BCUT2D eigenvalue weighted by molar-refractivity contribution is 0.434. The number of hydrogen-bond donors (Lipinski definition) is 1. The third-order valence-corrected chi connectivity index (χ3v) is 3.32. The highest BCUT2D eigenvalue weighted by atomic mass is 79.9. The van der Waals surface area contributed by atoms with Gasteiger partial charge in [-0.3, -0.25) is 0 Å². The van der Waals surface area contributed by atoms with Gasteiger partial charge in [-0.05, 0) is 40.9 Å². The smallest absolute Gasteiger partial charge is 0.321 e. The largest absolute Gasteiger partial charge is 0.423 e. The van der Waals surface area contributed by atoms with E-state index in [1.165, 1.54) is 12.1 Å². The predicted octanol–water partition coefficient (Wildman–Crippen LogP) is 3.71. The number of hydrogen-bond acceptors (Lipinski definition) is 4. The number of rotatable bonds is 4. The number of ether oxygens (including phenoxy) is 1. The number of benzene rings is 1. The quantitative estimate of drug-likeness (QED) is 0.844. The zero-order valence-corrected chi connectivity index (χ0v) is 12.9. The van der Waals surface area contributed by atoms with Gasteiger partial charge in [0.1, 0.15) is 11.6 Å². The number of aromatic nitrogens is 2. The van der Waals surface area contributed by atoms with Crippen LogP contribution in [-0.4, -0.2) is 16.0 Å². The fourth-order valence-electron chi connectivity index (χ4n) is 1.55. The van der Waals surface area contributed by atoms with Gasteiger partial charge in [0.25, 0.3) is 0 Å². The summed E-state index contributed by atoms with van der Waals surface area (Å²) in [5.74, 6) is -0.315. The minimum atomic E-state index is -0.571. The van der Waals surface area contributed by atoms with Crippen LogP contribution in [-0.2, 0) is 6.42 Å². The van der Waals surface area contributed by atoms with Gasteiger partial charge in [0, 0.05) is 24.5 Å². The summed E-state index contributed by atoms with van der Waals surface area (Å²) in [7, 11) is 0. The first-order chi connectivity index (χ1) is 9.45. The van der Waals surface area contributed by atoms with Crippen molar-refractivity contribution >= 4 is 27.5 Å². The molecule has 106 valence electrons. The van der Waals surface area contributed by atoms with E-state index in [2.05, 4.69) is 25.9 Å². The zero-order chi connectivity index (χ0) is 14.7. The minimum Gasteiger partial charge on any atom is -0.423 e. The summed E-state index contributed by atoms with van der Waals surface area (Å²) in [6.45, 7) is 1.90. The first-order valence-electron chi connectivity index (χ1n) is 5.84. The summed E-state index contributed by atoms with van der Waals surface area (Å²) in [5.41, 5.74) is 6.60. The van der Waals surface area contributed by atoms with E-state index in [1.54, 1.807) is 12.4 Å². The van der Waals surface area contributed by atoms with Crippen LogP contribution >= 0.6 is 27.5 Å². The molecule has 1 unspecified atom stereocenters. The fraction of sp³-hybridized carbons (Fsp3) is 0.231. The molecule has 0 aliphatic rings. The fourth-order valence-corrected chi connectivity index (χ4v) is 2.27. The average molecular weight is 361 g/mol. The SMILES string of the molecule is CC(N)Cc1cnc(Oc2cc(F)c(Cl)cc2Br)nc1. The summed E-state index contributed by atoms with van der Waals surface area (Å²) >= 11 is 8.89. The molecule has 1 atom stereocenters. The van der Waals surface area contributed by atoms with Gasteiger partial charge in [-0.25, -0.2) is 14.4 Å². The number of nitrogens with zero attached hydrogens (tertiary/aromatic N) is 2. The standard InChI is InChI=1S/C13H12BrClFN3O/c1-7(17)2-8-5-18-13(19-6-8)20-12-4-11(16)10(15)3-9(12)14/h3-7H,2,17H2,1H3. The lowest BCUT2D eigenvalue weighted by atomic mass is 10.1. The van der Waals surface area contributed by atoms with E-state index in [1.807, 2.05) is 6.92 Å². The molecule has 1 aromatic heterocycles. The van der Waals surface area contributed by atoms with Crippen molar-refractivity contribution in [1.29, 1.82) is 0 Å². The van der Waals surface area contributed by atoms with E-state index in [4.69, 9.17) is 22.1 Å². The second kappa shape index (κ2) is 6.47. The Morgan fingerprint density at radius 2 is 2.05 bits per heavy atom. The van der Waals surface area contributed by atoms with Gasteiger partial charge in [-0.1, -0.05) is 11.6 Å². The maximum atomic E-state index is 13.4. The molecule has 0 aliphatic carbocycles. The lowest BCUT2D eigenvalue weighted by Crippen LogP contribution is -2.17. The molecule has 0 radical (unpaired) electrons. The topological polar surface area (TPSA) is 61.0 Å². The molecule has 2 rings (SSSR count). The Balaban J connectivity index is 2.16. The molecule has 2 N–H and O–H groups in total. The minimum absolute atomic E-state index is 0.0115. The summed E-state index contributed by atoms with van der Waals surface area (Å²) in [6.07, 6.45) is 3.94. The number of nitrogens with two attached hydrogens (primary N) is 1. The third kappa shape index (κ3) is 3.88. The summed E-state index contributed by atoms with van der Waals surface area (Å²) in [4.78, 5) is 8.11. The van der Waals surface area contributed by atoms with Crippen LogP contribution in [0.1, 0.15) is 12.5 Å². The van der Waals surface area contributed by atoms with Crippen LogP contribution in [0.25, 0.3) is 0 Å². The molecule has 4 nitrogen and oxygen atoms in total. The van der Waals surface area contributed by atoms with Crippen molar-refractivity contribution in [2.75, 3.05) is 0 Å². The van der Waals surface area contributed by atoms with Crippen LogP contribution in [0.4, 0.5) is 4.39 Å². The maximum Gasteiger partial charge on any atom is 0.321 e. The Hall–Kier alpha value is -1.24. The molecule has 0 saturated carbocycles. The van der Waals surface area contributed by atoms with E-state index in [0.29, 0.717) is 10.9 Å². The van der Waals surface area contributed by atoms with E-state index >= 15 is 0 Å². The highest BCUT2D eigenvalue weighted by Gasteiger charge is 2.10. The van der Waals surface area contributed by atoms with Crippen molar-refractivity contribution in [3.63, 3.8) is 0 Å². The molecule has 1 heterocycles. The molecule has 0 saturated heterocycles. The highest BCUT2D eigenvalue weighted by molar-refractivity contribution is 9.10. The van der Waals surface area contributed by atoms with Gasteiger partial charge < -0.3 is 10.5 Å². The molecule has 1 aromatic carbocycles. The summed E-state index contributed by atoms with van der Waals surface area (Å²) in [5, 5.41) is 0.0115. The van der Waals surface area contributed by atoms with E-state index in [9.17, 15) is 4.39 Å². The van der Waals surface area contributed by atoms with Gasteiger partial charge >= 0.3 is 6.01 Å². The van der Waals surface area contributed by atoms with Crippen LogP contribution in [0.15, 0.2) is 29.0 Å². The number of halogens is 3.